The third-order valence-electron chi connectivity index (χ3n) is 6.88. The number of nitrogens with one attached hydrogen (secondary N) is 3. The second-order valence-electron chi connectivity index (χ2n) is 10.1. The Balaban J connectivity index is 1.43. The molecule has 48 heavy (non-hydrogen) atoms. The Kier molecular flexibility index (Phi) is 11.5. The number of carbonyl (C=O) groups excluding carboxylic acids is 3. The van der Waals surface area contributed by atoms with Crippen LogP contribution in [0.1, 0.15) is 26.7 Å². The molecular formula is C36H32N4O6S2. The van der Waals surface area contributed by atoms with Crippen molar-refractivity contribution in [2.24, 2.45) is 0 Å². The summed E-state index contributed by atoms with van der Waals surface area (Å²) in [7, 11) is 4.48. The molecule has 12 heteroatoms. The molecule has 0 fully saturated rings. The highest BCUT2D eigenvalue weighted by atomic mass is 32.2. The first kappa shape index (κ1) is 33.8. The summed E-state index contributed by atoms with van der Waals surface area (Å²) in [4.78, 5) is 45.3. The van der Waals surface area contributed by atoms with Crippen molar-refractivity contribution in [2.75, 3.05) is 32.0 Å². The number of hydrogen-bond acceptors (Lipinski definition) is 9. The zero-order chi connectivity index (χ0) is 33.9. The van der Waals surface area contributed by atoms with Crippen LogP contribution in [-0.2, 0) is 9.59 Å². The number of rotatable bonds is 13. The van der Waals surface area contributed by atoms with Crippen LogP contribution in [0.15, 0.2) is 119 Å². The van der Waals surface area contributed by atoms with Crippen molar-refractivity contribution in [3.8, 4) is 17.2 Å². The van der Waals surface area contributed by atoms with Crippen LogP contribution >= 0.6 is 23.1 Å². The van der Waals surface area contributed by atoms with Gasteiger partial charge in [-0.05, 0) is 59.7 Å². The number of benzene rings is 4. The van der Waals surface area contributed by atoms with E-state index in [0.29, 0.717) is 39.2 Å². The van der Waals surface area contributed by atoms with Crippen LogP contribution < -0.4 is 30.2 Å². The van der Waals surface area contributed by atoms with Crippen molar-refractivity contribution in [2.45, 2.75) is 10.1 Å². The standard InChI is InChI=1S/C36H32N4O6S2/c1-44-29-20-23(21-30(45-2)31(29)46-3)19-28(39-33(41)25-13-8-5-9-14-25)34(42)38-26-15-10-16-27(22-26)48-32(24-11-6-4-7-12-24)35(43)40-36-37-17-18-47-36/h4-22,32H,1-3H3,(H,38,42)(H,39,41)(H,37,40,43)/b28-19+. The van der Waals surface area contributed by atoms with Crippen molar-refractivity contribution in [1.82, 2.24) is 10.3 Å². The largest absolute Gasteiger partial charge is 0.493 e. The molecule has 10 nitrogen and oxygen atoms in total. The van der Waals surface area contributed by atoms with E-state index in [2.05, 4.69) is 20.9 Å². The summed E-state index contributed by atoms with van der Waals surface area (Å²) in [5.74, 6) is -0.112. The molecule has 1 heterocycles. The number of anilines is 2. The van der Waals surface area contributed by atoms with Gasteiger partial charge in [0.05, 0.1) is 21.3 Å². The molecule has 0 saturated heterocycles. The SMILES string of the molecule is COc1cc(/C=C(/NC(=O)c2ccccc2)C(=O)Nc2cccc(SC(C(=O)Nc3nccs3)c3ccccc3)c2)cc(OC)c1OC. The molecule has 0 aliphatic carbocycles. The van der Waals surface area contributed by atoms with Crippen molar-refractivity contribution in [1.29, 1.82) is 0 Å². The van der Waals surface area contributed by atoms with Gasteiger partial charge in [0.25, 0.3) is 11.8 Å². The summed E-state index contributed by atoms with van der Waals surface area (Å²) >= 11 is 2.67. The molecule has 0 radical (unpaired) electrons. The molecule has 244 valence electrons. The summed E-state index contributed by atoms with van der Waals surface area (Å²) in [6, 6.07) is 28.5. The van der Waals surface area contributed by atoms with E-state index < -0.39 is 17.1 Å². The number of aromatic nitrogens is 1. The summed E-state index contributed by atoms with van der Waals surface area (Å²) in [5.41, 5.74) is 2.14. The number of ether oxygens (including phenoxy) is 3. The average molecular weight is 681 g/mol. The quantitative estimate of drug-likeness (QED) is 0.0892. The minimum Gasteiger partial charge on any atom is -0.493 e. The lowest BCUT2D eigenvalue weighted by Crippen LogP contribution is -2.30. The number of carbonyl (C=O) groups is 3. The van der Waals surface area contributed by atoms with Gasteiger partial charge >= 0.3 is 0 Å². The van der Waals surface area contributed by atoms with E-state index in [9.17, 15) is 14.4 Å². The van der Waals surface area contributed by atoms with Gasteiger partial charge < -0.3 is 30.2 Å². The summed E-state index contributed by atoms with van der Waals surface area (Å²) < 4.78 is 16.4. The minimum absolute atomic E-state index is 0.0267. The predicted molar refractivity (Wildman–Crippen MR) is 189 cm³/mol. The van der Waals surface area contributed by atoms with Crippen molar-refractivity contribution >= 4 is 57.7 Å². The lowest BCUT2D eigenvalue weighted by molar-refractivity contribution is -0.116. The van der Waals surface area contributed by atoms with Gasteiger partial charge in [-0.25, -0.2) is 4.98 Å². The van der Waals surface area contributed by atoms with E-state index >= 15 is 0 Å². The third kappa shape index (κ3) is 8.60. The molecule has 0 spiro atoms. The van der Waals surface area contributed by atoms with Crippen molar-refractivity contribution in [3.05, 3.63) is 131 Å². The zero-order valence-electron chi connectivity index (χ0n) is 26.3. The topological polar surface area (TPSA) is 128 Å². The Labute approximate surface area is 286 Å². The maximum Gasteiger partial charge on any atom is 0.272 e. The number of amides is 3. The van der Waals surface area contributed by atoms with Crippen LogP contribution in [0.3, 0.4) is 0 Å². The molecule has 5 aromatic rings. The fourth-order valence-corrected chi connectivity index (χ4v) is 6.25. The summed E-state index contributed by atoms with van der Waals surface area (Å²) in [5, 5.41) is 10.2. The number of nitrogens with zero attached hydrogens (tertiary/aromatic N) is 1. The van der Waals surface area contributed by atoms with Crippen LogP contribution in [0.25, 0.3) is 6.08 Å². The number of methoxy groups -OCH3 is 3. The molecule has 4 aromatic carbocycles. The van der Waals surface area contributed by atoms with Crippen LogP contribution in [0, 0.1) is 0 Å². The third-order valence-corrected chi connectivity index (χ3v) is 8.81. The lowest BCUT2D eigenvalue weighted by Gasteiger charge is -2.17. The first-order chi connectivity index (χ1) is 23.4. The van der Waals surface area contributed by atoms with E-state index in [1.54, 1.807) is 72.2 Å². The van der Waals surface area contributed by atoms with Crippen LogP contribution in [0.2, 0.25) is 0 Å². The fraction of sp³-hybridized carbons (Fsp3) is 0.111. The number of thiazole rings is 1. The van der Waals surface area contributed by atoms with Gasteiger partial charge in [0.2, 0.25) is 11.7 Å². The molecule has 0 bridgehead atoms. The lowest BCUT2D eigenvalue weighted by atomic mass is 10.1. The van der Waals surface area contributed by atoms with Crippen LogP contribution in [0.4, 0.5) is 10.8 Å². The highest BCUT2D eigenvalue weighted by Crippen LogP contribution is 2.39. The smallest absolute Gasteiger partial charge is 0.272 e. The van der Waals surface area contributed by atoms with Gasteiger partial charge in [-0.1, -0.05) is 54.6 Å². The zero-order valence-corrected chi connectivity index (χ0v) is 27.9. The Morgan fingerprint density at radius 2 is 1.50 bits per heavy atom. The maximum atomic E-state index is 13.8. The van der Waals surface area contributed by atoms with Gasteiger partial charge in [0.15, 0.2) is 16.6 Å². The monoisotopic (exact) mass is 680 g/mol. The molecule has 1 unspecified atom stereocenters. The van der Waals surface area contributed by atoms with Gasteiger partial charge in [-0.3, -0.25) is 14.4 Å². The molecular weight excluding hydrogens is 649 g/mol. The van der Waals surface area contributed by atoms with E-state index in [1.807, 2.05) is 36.4 Å². The Morgan fingerprint density at radius 1 is 0.812 bits per heavy atom. The number of thioether (sulfide) groups is 1. The van der Waals surface area contributed by atoms with Crippen molar-refractivity contribution < 1.29 is 28.6 Å². The van der Waals surface area contributed by atoms with Gasteiger partial charge in [0, 0.05) is 27.7 Å². The van der Waals surface area contributed by atoms with Gasteiger partial charge in [0.1, 0.15) is 10.9 Å². The first-order valence-electron chi connectivity index (χ1n) is 14.6. The maximum absolute atomic E-state index is 13.8. The molecule has 0 aliphatic heterocycles. The highest BCUT2D eigenvalue weighted by Gasteiger charge is 2.24. The minimum atomic E-state index is -0.596. The van der Waals surface area contributed by atoms with E-state index in [-0.39, 0.29) is 11.6 Å². The number of hydrogen-bond donors (Lipinski definition) is 3. The highest BCUT2D eigenvalue weighted by molar-refractivity contribution is 8.00. The van der Waals surface area contributed by atoms with Gasteiger partial charge in [-0.15, -0.1) is 23.1 Å². The van der Waals surface area contributed by atoms with E-state index in [1.165, 1.54) is 50.5 Å². The van der Waals surface area contributed by atoms with E-state index in [4.69, 9.17) is 14.2 Å². The second-order valence-corrected chi connectivity index (χ2v) is 12.1. The normalized spacial score (nSPS) is 11.6. The van der Waals surface area contributed by atoms with Crippen LogP contribution in [-0.4, -0.2) is 44.0 Å². The van der Waals surface area contributed by atoms with Gasteiger partial charge in [-0.2, -0.15) is 0 Å². The Hall–Kier alpha value is -5.59. The average Bonchev–Trinajstić information content (AvgIpc) is 3.63. The Morgan fingerprint density at radius 3 is 2.12 bits per heavy atom. The first-order valence-corrected chi connectivity index (χ1v) is 16.4. The predicted octanol–water partition coefficient (Wildman–Crippen LogP) is 7.05. The molecule has 1 atom stereocenters. The van der Waals surface area contributed by atoms with Crippen molar-refractivity contribution in [3.63, 3.8) is 0 Å². The molecule has 5 rings (SSSR count). The van der Waals surface area contributed by atoms with Crippen LogP contribution in [0.5, 0.6) is 17.2 Å². The Bertz CT molecular complexity index is 1880. The van der Waals surface area contributed by atoms with E-state index in [0.717, 1.165) is 10.5 Å². The summed E-state index contributed by atoms with van der Waals surface area (Å²) in [6.07, 6.45) is 3.15. The molecule has 0 saturated carbocycles. The summed E-state index contributed by atoms with van der Waals surface area (Å²) in [6.45, 7) is 0. The molecule has 0 aliphatic rings. The second kappa shape index (κ2) is 16.3. The molecule has 3 amide bonds. The molecule has 1 aromatic heterocycles. The molecule has 3 N–H and O–H groups in total. The fourth-order valence-electron chi connectivity index (χ4n) is 4.63.